The Morgan fingerprint density at radius 3 is 1.70 bits per heavy atom. The Hall–Kier alpha value is 0.110. The second-order valence-electron chi connectivity index (χ2n) is 2.79. The highest BCUT2D eigenvalue weighted by Gasteiger charge is 2.42. The molecule has 0 amide bonds. The predicted octanol–water partition coefficient (Wildman–Crippen LogP) is 0.529. The maximum atomic E-state index is 10.5. The largest absolute Gasteiger partial charge is 0.377 e. The first-order chi connectivity index (χ1) is 4.19. The van der Waals surface area contributed by atoms with Crippen molar-refractivity contribution in [3.63, 3.8) is 0 Å². The van der Waals surface area contributed by atoms with E-state index in [9.17, 15) is 4.57 Å². The lowest BCUT2D eigenvalue weighted by atomic mass is 10.1. The summed E-state index contributed by atoms with van der Waals surface area (Å²) < 4.78 is 10.5. The van der Waals surface area contributed by atoms with Crippen molar-refractivity contribution in [3.8, 4) is 0 Å². The summed E-state index contributed by atoms with van der Waals surface area (Å²) in [4.78, 5) is 17.2. The van der Waals surface area contributed by atoms with Crippen molar-refractivity contribution in [2.24, 2.45) is 5.92 Å². The van der Waals surface area contributed by atoms with Crippen LogP contribution in [0, 0.1) is 5.92 Å². The Morgan fingerprint density at radius 1 is 1.40 bits per heavy atom. The summed E-state index contributed by atoms with van der Waals surface area (Å²) >= 11 is 0. The summed E-state index contributed by atoms with van der Waals surface area (Å²) in [6.07, 6.45) is 0. The van der Waals surface area contributed by atoms with Crippen LogP contribution in [0.4, 0.5) is 0 Å². The lowest BCUT2D eigenvalue weighted by Crippen LogP contribution is -2.30. The maximum Gasteiger partial charge on any atom is 0.356 e. The molecule has 0 saturated carbocycles. The van der Waals surface area contributed by atoms with Crippen LogP contribution in [-0.4, -0.2) is 20.2 Å². The molecule has 0 aliphatic heterocycles. The van der Waals surface area contributed by atoms with Gasteiger partial charge in [-0.1, -0.05) is 13.8 Å². The van der Waals surface area contributed by atoms with Crippen LogP contribution in [0.3, 0.4) is 0 Å². The van der Waals surface area contributed by atoms with Gasteiger partial charge in [-0.2, -0.15) is 0 Å². The average molecular weight is 168 g/mol. The van der Waals surface area contributed by atoms with E-state index in [1.54, 1.807) is 13.8 Å². The molecule has 0 radical (unpaired) electrons. The molecule has 10 heavy (non-hydrogen) atoms. The minimum Gasteiger partial charge on any atom is -0.377 e. The van der Waals surface area contributed by atoms with Gasteiger partial charge >= 0.3 is 7.60 Å². The van der Waals surface area contributed by atoms with Crippen LogP contribution in [0.2, 0.25) is 0 Å². The van der Waals surface area contributed by atoms with Gasteiger partial charge in [-0.15, -0.1) is 0 Å². The molecule has 0 fully saturated rings. The third-order valence-electron chi connectivity index (χ3n) is 1.68. The second kappa shape index (κ2) is 2.62. The number of hydrogen-bond donors (Lipinski definition) is 3. The number of aliphatic hydroxyl groups is 1. The van der Waals surface area contributed by atoms with Crippen LogP contribution in [-0.2, 0) is 4.57 Å². The molecule has 62 valence electrons. The fourth-order valence-electron chi connectivity index (χ4n) is 0.336. The normalized spacial score (nSPS) is 19.1. The Bertz CT molecular complexity index is 157. The van der Waals surface area contributed by atoms with Gasteiger partial charge in [0.05, 0.1) is 0 Å². The summed E-state index contributed by atoms with van der Waals surface area (Å²) in [5.74, 6) is -0.451. The van der Waals surface area contributed by atoms with Gasteiger partial charge in [-0.3, -0.25) is 4.57 Å². The van der Waals surface area contributed by atoms with E-state index in [2.05, 4.69) is 0 Å². The molecule has 1 unspecified atom stereocenters. The van der Waals surface area contributed by atoms with E-state index < -0.39 is 18.9 Å². The van der Waals surface area contributed by atoms with E-state index in [0.29, 0.717) is 0 Å². The molecular formula is C5H13O4P. The molecule has 0 aliphatic rings. The van der Waals surface area contributed by atoms with Crippen molar-refractivity contribution < 1.29 is 19.5 Å². The van der Waals surface area contributed by atoms with Crippen LogP contribution < -0.4 is 0 Å². The molecule has 0 aliphatic carbocycles. The molecule has 0 rings (SSSR count). The Kier molecular flexibility index (Phi) is 2.65. The molecular weight excluding hydrogens is 155 g/mol. The van der Waals surface area contributed by atoms with Crippen molar-refractivity contribution in [3.05, 3.63) is 0 Å². The molecule has 4 nitrogen and oxygen atoms in total. The van der Waals surface area contributed by atoms with Crippen molar-refractivity contribution in [2.75, 3.05) is 0 Å². The lowest BCUT2D eigenvalue weighted by molar-refractivity contribution is 0.0654. The topological polar surface area (TPSA) is 77.8 Å². The van der Waals surface area contributed by atoms with E-state index in [1.165, 1.54) is 0 Å². The van der Waals surface area contributed by atoms with Crippen LogP contribution >= 0.6 is 7.60 Å². The molecule has 0 bridgehead atoms. The second-order valence-corrected chi connectivity index (χ2v) is 4.79. The van der Waals surface area contributed by atoms with E-state index in [0.717, 1.165) is 6.92 Å². The van der Waals surface area contributed by atoms with Gasteiger partial charge in [0.1, 0.15) is 0 Å². The van der Waals surface area contributed by atoms with E-state index in [-0.39, 0.29) is 0 Å². The van der Waals surface area contributed by atoms with Crippen molar-refractivity contribution >= 4 is 7.60 Å². The molecule has 0 heterocycles. The number of hydrogen-bond acceptors (Lipinski definition) is 2. The van der Waals surface area contributed by atoms with Gasteiger partial charge in [0, 0.05) is 0 Å². The van der Waals surface area contributed by atoms with Gasteiger partial charge < -0.3 is 14.9 Å². The highest BCUT2D eigenvalue weighted by molar-refractivity contribution is 7.53. The quantitative estimate of drug-likeness (QED) is 0.525. The van der Waals surface area contributed by atoms with E-state index in [4.69, 9.17) is 14.9 Å². The zero-order chi connectivity index (χ0) is 8.58. The molecule has 0 saturated heterocycles. The molecule has 1 atom stereocenters. The molecule has 5 heteroatoms. The zero-order valence-electron chi connectivity index (χ0n) is 6.27. The summed E-state index contributed by atoms with van der Waals surface area (Å²) in [6, 6.07) is 0. The molecule has 0 spiro atoms. The van der Waals surface area contributed by atoms with E-state index in [1.807, 2.05) is 0 Å². The standard InChI is InChI=1S/C5H13O4P/c1-4(2)5(3,6)10(7,8)9/h4,6H,1-3H3,(H2,7,8,9). The van der Waals surface area contributed by atoms with Crippen LogP contribution in [0.5, 0.6) is 0 Å². The predicted molar refractivity (Wildman–Crippen MR) is 37.5 cm³/mol. The summed E-state index contributed by atoms with van der Waals surface area (Å²) in [5.41, 5.74) is 0. The zero-order valence-corrected chi connectivity index (χ0v) is 7.17. The van der Waals surface area contributed by atoms with Crippen molar-refractivity contribution in [1.29, 1.82) is 0 Å². The monoisotopic (exact) mass is 168 g/mol. The van der Waals surface area contributed by atoms with Gasteiger partial charge in [0.2, 0.25) is 0 Å². The van der Waals surface area contributed by atoms with Gasteiger partial charge in [0.15, 0.2) is 5.34 Å². The van der Waals surface area contributed by atoms with Gasteiger partial charge in [-0.05, 0) is 12.8 Å². The minimum atomic E-state index is -4.37. The fraction of sp³-hybridized carbons (Fsp3) is 1.00. The Labute approximate surface area is 60.0 Å². The lowest BCUT2D eigenvalue weighted by Gasteiger charge is -2.27. The van der Waals surface area contributed by atoms with Crippen molar-refractivity contribution in [1.82, 2.24) is 0 Å². The molecule has 0 aromatic rings. The Morgan fingerprint density at radius 2 is 1.70 bits per heavy atom. The molecule has 0 aromatic heterocycles. The van der Waals surface area contributed by atoms with Crippen LogP contribution in [0.25, 0.3) is 0 Å². The van der Waals surface area contributed by atoms with Crippen LogP contribution in [0.1, 0.15) is 20.8 Å². The summed E-state index contributed by atoms with van der Waals surface area (Å²) in [7, 11) is -4.37. The molecule has 3 N–H and O–H groups in total. The smallest absolute Gasteiger partial charge is 0.356 e. The first-order valence-electron chi connectivity index (χ1n) is 2.97. The first kappa shape index (κ1) is 10.1. The Balaban J connectivity index is 4.58. The fourth-order valence-corrected chi connectivity index (χ4v) is 1.01. The average Bonchev–Trinajstić information content (AvgIpc) is 1.62. The highest BCUT2D eigenvalue weighted by Crippen LogP contribution is 2.52. The minimum absolute atomic E-state index is 0.451. The maximum absolute atomic E-state index is 10.5. The van der Waals surface area contributed by atoms with Crippen molar-refractivity contribution in [2.45, 2.75) is 26.1 Å². The number of rotatable bonds is 2. The van der Waals surface area contributed by atoms with Crippen LogP contribution in [0.15, 0.2) is 0 Å². The van der Waals surface area contributed by atoms with E-state index >= 15 is 0 Å². The van der Waals surface area contributed by atoms with Gasteiger partial charge in [0.25, 0.3) is 0 Å². The third kappa shape index (κ3) is 1.80. The summed E-state index contributed by atoms with van der Waals surface area (Å²) in [5, 5.41) is 7.27. The van der Waals surface area contributed by atoms with Gasteiger partial charge in [-0.25, -0.2) is 0 Å². The summed E-state index contributed by atoms with van der Waals surface area (Å²) in [6.45, 7) is 4.25. The third-order valence-corrected chi connectivity index (χ3v) is 3.38. The SMILES string of the molecule is CC(C)C(C)(O)P(=O)(O)O. The first-order valence-corrected chi connectivity index (χ1v) is 4.59. The molecule has 0 aromatic carbocycles. The highest BCUT2D eigenvalue weighted by atomic mass is 31.2.